The molecule has 15 heteroatoms. The van der Waals surface area contributed by atoms with Crippen LogP contribution in [0.4, 0.5) is 24.5 Å². The number of carbonyl (C=O) groups is 6. The van der Waals surface area contributed by atoms with Gasteiger partial charge in [-0.3, -0.25) is 24.6 Å². The first-order valence-electron chi connectivity index (χ1n) is 15.6. The molecule has 3 aromatic rings. The van der Waals surface area contributed by atoms with Crippen molar-refractivity contribution in [2.45, 2.75) is 56.5 Å². The van der Waals surface area contributed by atoms with Crippen LogP contribution >= 0.6 is 0 Å². The van der Waals surface area contributed by atoms with Gasteiger partial charge in [0.1, 0.15) is 30.8 Å². The number of unbranched alkanes of at least 4 members (excludes halogenated alkanes) is 2. The molecule has 5 rings (SSSR count). The number of hydrogen-bond acceptors (Lipinski definition) is 9. The second-order valence-electron chi connectivity index (χ2n) is 11.6. The summed E-state index contributed by atoms with van der Waals surface area (Å²) in [5, 5.41) is 12.6. The number of fused-ring (bicyclic) bond motifs is 1. The van der Waals surface area contributed by atoms with Gasteiger partial charge in [-0.25, -0.2) is 4.79 Å². The van der Waals surface area contributed by atoms with Gasteiger partial charge in [0.05, 0.1) is 23.5 Å². The number of amides is 2. The van der Waals surface area contributed by atoms with Gasteiger partial charge in [-0.15, -0.1) is 0 Å². The lowest BCUT2D eigenvalue weighted by molar-refractivity contribution is -0.192. The summed E-state index contributed by atoms with van der Waals surface area (Å²) in [6, 6.07) is 19.6. The van der Waals surface area contributed by atoms with Gasteiger partial charge in [0.2, 0.25) is 0 Å². The first kappa shape index (κ1) is 37.4. The Hall–Kier alpha value is -5.41. The second-order valence-corrected chi connectivity index (χ2v) is 11.6. The van der Waals surface area contributed by atoms with Crippen molar-refractivity contribution in [2.24, 2.45) is 5.73 Å². The smallest absolute Gasteiger partial charge is 0.475 e. The quantitative estimate of drug-likeness (QED) is 0.0888. The summed E-state index contributed by atoms with van der Waals surface area (Å²) in [7, 11) is 0. The largest absolute Gasteiger partial charge is 0.490 e. The average Bonchev–Trinajstić information content (AvgIpc) is 3.85. The first-order valence-corrected chi connectivity index (χ1v) is 15.6. The number of ether oxygens (including phenoxy) is 1. The molecule has 0 saturated carbocycles. The normalized spacial score (nSPS) is 18.1. The highest BCUT2D eigenvalue weighted by molar-refractivity contribution is 6.14. The molecule has 0 spiro atoms. The third-order valence-corrected chi connectivity index (χ3v) is 8.09. The number of benzene rings is 3. The molecule has 50 heavy (non-hydrogen) atoms. The SMILES string of the molecule is NCCCCCc1ccc2c(c1)C(=O)NCC(=O)N2c1ccc(COC(=O)C2NC2(C=O)CC=O)cc1-c1ccccc1.O=C(O)C(F)(F)F. The number of alkyl halides is 3. The molecule has 1 fully saturated rings. The number of nitrogens with zero attached hydrogens (tertiary/aromatic N) is 1. The van der Waals surface area contributed by atoms with Gasteiger partial charge in [0, 0.05) is 12.0 Å². The molecule has 0 bridgehead atoms. The molecular formula is C35H35F3N4O8. The molecule has 0 radical (unpaired) electrons. The highest BCUT2D eigenvalue weighted by atomic mass is 19.4. The molecule has 2 unspecified atom stereocenters. The summed E-state index contributed by atoms with van der Waals surface area (Å²) >= 11 is 0. The Morgan fingerprint density at radius 3 is 2.22 bits per heavy atom. The summed E-state index contributed by atoms with van der Waals surface area (Å²) < 4.78 is 37.2. The van der Waals surface area contributed by atoms with E-state index in [-0.39, 0.29) is 31.4 Å². The van der Waals surface area contributed by atoms with Crippen LogP contribution in [-0.2, 0) is 41.7 Å². The predicted molar refractivity (Wildman–Crippen MR) is 174 cm³/mol. The van der Waals surface area contributed by atoms with E-state index in [0.717, 1.165) is 36.8 Å². The number of aldehydes is 2. The first-order chi connectivity index (χ1) is 23.8. The standard InChI is InChI=1S/C33H34N4O6.C2HF3O2/c34-15-6-2-3-7-22-10-12-28-26(17-22)31(41)35-19-29(40)37(28)27-13-11-23(18-25(27)24-8-4-1-5-9-24)20-43-32(42)30-33(21-39,36-30)14-16-38;3-2(4,5)1(6)7/h1,4-5,8-13,16-18,21,30,36H,2-3,6-7,14-15,19-20,34H2,(H,35,41);(H,6,7). The number of carbonyl (C=O) groups excluding carboxylic acids is 5. The maximum atomic E-state index is 13.5. The monoisotopic (exact) mass is 696 g/mol. The lowest BCUT2D eigenvalue weighted by Crippen LogP contribution is -2.33. The highest BCUT2D eigenvalue weighted by Gasteiger charge is 2.59. The minimum absolute atomic E-state index is 0.0781. The molecule has 12 nitrogen and oxygen atoms in total. The summed E-state index contributed by atoms with van der Waals surface area (Å²) in [4.78, 5) is 72.0. The molecule has 1 saturated heterocycles. The van der Waals surface area contributed by atoms with Crippen LogP contribution in [0.5, 0.6) is 0 Å². The van der Waals surface area contributed by atoms with E-state index in [1.54, 1.807) is 17.0 Å². The van der Waals surface area contributed by atoms with Crippen molar-refractivity contribution in [3.05, 3.63) is 83.4 Å². The lowest BCUT2D eigenvalue weighted by Gasteiger charge is -2.26. The van der Waals surface area contributed by atoms with E-state index >= 15 is 0 Å². The van der Waals surface area contributed by atoms with Crippen LogP contribution in [0.15, 0.2) is 66.7 Å². The summed E-state index contributed by atoms with van der Waals surface area (Å²) in [5.41, 5.74) is 9.11. The molecule has 2 aliphatic rings. The van der Waals surface area contributed by atoms with Crippen molar-refractivity contribution in [1.29, 1.82) is 0 Å². The van der Waals surface area contributed by atoms with Gasteiger partial charge >= 0.3 is 18.1 Å². The zero-order chi connectivity index (χ0) is 36.5. The van der Waals surface area contributed by atoms with Crippen LogP contribution in [0, 0.1) is 0 Å². The van der Waals surface area contributed by atoms with Gasteiger partial charge in [-0.05, 0) is 66.8 Å². The second kappa shape index (κ2) is 16.3. The number of carboxylic acids is 1. The Kier molecular flexibility index (Phi) is 12.2. The lowest BCUT2D eigenvalue weighted by atomic mass is 9.98. The van der Waals surface area contributed by atoms with Crippen LogP contribution in [0.3, 0.4) is 0 Å². The van der Waals surface area contributed by atoms with Crippen molar-refractivity contribution in [3.63, 3.8) is 0 Å². The maximum absolute atomic E-state index is 13.5. The minimum atomic E-state index is -5.08. The molecule has 0 aliphatic carbocycles. The molecule has 3 aromatic carbocycles. The fourth-order valence-electron chi connectivity index (χ4n) is 5.41. The third kappa shape index (κ3) is 8.98. The fourth-order valence-corrected chi connectivity index (χ4v) is 5.41. The third-order valence-electron chi connectivity index (χ3n) is 8.09. The van der Waals surface area contributed by atoms with Gasteiger partial charge in [-0.2, -0.15) is 13.2 Å². The molecule has 5 N–H and O–H groups in total. The van der Waals surface area contributed by atoms with E-state index < -0.39 is 29.7 Å². The van der Waals surface area contributed by atoms with Gasteiger partial charge in [0.25, 0.3) is 11.8 Å². The van der Waals surface area contributed by atoms with Gasteiger partial charge in [0.15, 0.2) is 0 Å². The Labute approximate surface area is 284 Å². The van der Waals surface area contributed by atoms with E-state index in [1.807, 2.05) is 54.6 Å². The van der Waals surface area contributed by atoms with E-state index in [0.29, 0.717) is 47.2 Å². The van der Waals surface area contributed by atoms with Crippen molar-refractivity contribution in [2.75, 3.05) is 18.0 Å². The van der Waals surface area contributed by atoms with E-state index in [2.05, 4.69) is 10.6 Å². The average molecular weight is 697 g/mol. The number of hydrogen-bond donors (Lipinski definition) is 4. The summed E-state index contributed by atoms with van der Waals surface area (Å²) in [6.07, 6.45) is -0.333. The zero-order valence-electron chi connectivity index (χ0n) is 26.7. The Bertz CT molecular complexity index is 1750. The predicted octanol–water partition coefficient (Wildman–Crippen LogP) is 3.61. The van der Waals surface area contributed by atoms with Crippen molar-refractivity contribution in [1.82, 2.24) is 10.6 Å². The fraction of sp³-hybridized carbons (Fsp3) is 0.314. The molecule has 264 valence electrons. The van der Waals surface area contributed by atoms with E-state index in [4.69, 9.17) is 20.4 Å². The van der Waals surface area contributed by atoms with Crippen LogP contribution in [0.2, 0.25) is 0 Å². The number of anilines is 2. The van der Waals surface area contributed by atoms with Crippen molar-refractivity contribution in [3.8, 4) is 11.1 Å². The van der Waals surface area contributed by atoms with Crippen molar-refractivity contribution < 1.29 is 51.8 Å². The number of nitrogens with two attached hydrogens (primary N) is 1. The molecule has 2 heterocycles. The molecular weight excluding hydrogens is 661 g/mol. The van der Waals surface area contributed by atoms with Crippen LogP contribution in [0.1, 0.15) is 47.2 Å². The zero-order valence-corrected chi connectivity index (χ0v) is 26.7. The van der Waals surface area contributed by atoms with Crippen LogP contribution in [-0.4, -0.2) is 72.3 Å². The Morgan fingerprint density at radius 1 is 0.960 bits per heavy atom. The van der Waals surface area contributed by atoms with E-state index in [1.165, 1.54) is 0 Å². The number of esters is 1. The number of aliphatic carboxylic acids is 1. The molecule has 2 amide bonds. The Balaban J connectivity index is 0.000000727. The number of aryl methyl sites for hydroxylation is 1. The molecule has 2 aliphatic heterocycles. The minimum Gasteiger partial charge on any atom is -0.475 e. The van der Waals surface area contributed by atoms with Gasteiger partial charge in [-0.1, -0.05) is 48.9 Å². The van der Waals surface area contributed by atoms with Crippen molar-refractivity contribution >= 4 is 47.7 Å². The number of nitrogens with one attached hydrogen (secondary N) is 2. The summed E-state index contributed by atoms with van der Waals surface area (Å²) in [6.45, 7) is 0.403. The molecule has 0 aromatic heterocycles. The summed E-state index contributed by atoms with van der Waals surface area (Å²) in [5.74, 6) is -3.99. The number of halogens is 3. The topological polar surface area (TPSA) is 195 Å². The maximum Gasteiger partial charge on any atom is 0.490 e. The Morgan fingerprint density at radius 2 is 1.60 bits per heavy atom. The van der Waals surface area contributed by atoms with Crippen LogP contribution < -0.4 is 21.3 Å². The number of carboxylic acid groups (broad SMARTS) is 1. The van der Waals surface area contributed by atoms with E-state index in [9.17, 15) is 37.1 Å². The van der Waals surface area contributed by atoms with Crippen LogP contribution in [0.25, 0.3) is 11.1 Å². The highest BCUT2D eigenvalue weighted by Crippen LogP contribution is 2.39. The van der Waals surface area contributed by atoms with Gasteiger partial charge < -0.3 is 30.5 Å². The molecule has 2 atom stereocenters. The number of rotatable bonds is 13.